The van der Waals surface area contributed by atoms with E-state index in [9.17, 15) is 4.79 Å². The van der Waals surface area contributed by atoms with Crippen molar-refractivity contribution in [3.8, 4) is 0 Å². The average Bonchev–Trinajstić information content (AvgIpc) is 2.62. The smallest absolute Gasteiger partial charge is 0.273 e. The van der Waals surface area contributed by atoms with Gasteiger partial charge >= 0.3 is 0 Å². The number of amides is 1. The van der Waals surface area contributed by atoms with Crippen molar-refractivity contribution < 1.29 is 4.79 Å². The van der Waals surface area contributed by atoms with Gasteiger partial charge in [-0.3, -0.25) is 9.48 Å². The van der Waals surface area contributed by atoms with E-state index in [1.54, 1.807) is 31.3 Å². The number of benzene rings is 1. The molecular weight excluding hydrogens is 252 g/mol. The van der Waals surface area contributed by atoms with Crippen molar-refractivity contribution in [2.45, 2.75) is 6.92 Å². The number of halogens is 1. The summed E-state index contributed by atoms with van der Waals surface area (Å²) in [5, 5.41) is 7.24. The summed E-state index contributed by atoms with van der Waals surface area (Å²) in [6.45, 7) is 1.83. The highest BCUT2D eigenvalue weighted by atomic mass is 35.5. The SMILES string of the molecule is Cc1cc(C(=O)Nc2ccc(N)cc2Cl)n(C)n1. The quantitative estimate of drug-likeness (QED) is 0.817. The Morgan fingerprint density at radius 3 is 2.72 bits per heavy atom. The molecule has 0 saturated carbocycles. The summed E-state index contributed by atoms with van der Waals surface area (Å²) in [7, 11) is 1.71. The maximum absolute atomic E-state index is 12.0. The summed E-state index contributed by atoms with van der Waals surface area (Å²) >= 11 is 5.99. The van der Waals surface area contributed by atoms with Crippen LogP contribution in [-0.2, 0) is 7.05 Å². The molecule has 0 spiro atoms. The van der Waals surface area contributed by atoms with Crippen molar-refractivity contribution in [2.75, 3.05) is 11.1 Å². The number of aryl methyl sites for hydroxylation is 2. The molecule has 0 aliphatic carbocycles. The molecular formula is C12H13ClN4O. The Balaban J connectivity index is 2.24. The first-order valence-electron chi connectivity index (χ1n) is 5.34. The van der Waals surface area contributed by atoms with E-state index in [1.807, 2.05) is 6.92 Å². The summed E-state index contributed by atoms with van der Waals surface area (Å²) in [6, 6.07) is 6.64. The predicted molar refractivity (Wildman–Crippen MR) is 71.8 cm³/mol. The van der Waals surface area contributed by atoms with E-state index >= 15 is 0 Å². The van der Waals surface area contributed by atoms with Gasteiger partial charge in [-0.1, -0.05) is 11.6 Å². The number of anilines is 2. The van der Waals surface area contributed by atoms with Gasteiger partial charge in [0.05, 0.1) is 16.4 Å². The largest absolute Gasteiger partial charge is 0.399 e. The topological polar surface area (TPSA) is 72.9 Å². The Hall–Kier alpha value is -2.01. The van der Waals surface area contributed by atoms with Crippen LogP contribution in [0.25, 0.3) is 0 Å². The molecule has 0 saturated heterocycles. The van der Waals surface area contributed by atoms with E-state index in [-0.39, 0.29) is 5.91 Å². The number of nitrogens with zero attached hydrogens (tertiary/aromatic N) is 2. The van der Waals surface area contributed by atoms with Gasteiger partial charge in [0, 0.05) is 12.7 Å². The van der Waals surface area contributed by atoms with Gasteiger partial charge < -0.3 is 11.1 Å². The van der Waals surface area contributed by atoms with E-state index in [0.717, 1.165) is 5.69 Å². The van der Waals surface area contributed by atoms with Crippen LogP contribution in [0.15, 0.2) is 24.3 Å². The molecule has 94 valence electrons. The average molecular weight is 265 g/mol. The molecule has 1 aromatic heterocycles. The standard InChI is InChI=1S/C12H13ClN4O/c1-7-5-11(17(2)16-7)12(18)15-10-4-3-8(14)6-9(10)13/h3-6H,14H2,1-2H3,(H,15,18). The number of hydrogen-bond donors (Lipinski definition) is 2. The van der Waals surface area contributed by atoms with Crippen LogP contribution in [0.2, 0.25) is 5.02 Å². The molecule has 1 amide bonds. The number of aromatic nitrogens is 2. The van der Waals surface area contributed by atoms with Crippen molar-refractivity contribution in [3.05, 3.63) is 40.7 Å². The maximum Gasteiger partial charge on any atom is 0.273 e. The summed E-state index contributed by atoms with van der Waals surface area (Å²) in [4.78, 5) is 12.0. The Bertz CT molecular complexity index is 606. The van der Waals surface area contributed by atoms with Crippen molar-refractivity contribution in [2.24, 2.45) is 7.05 Å². The summed E-state index contributed by atoms with van der Waals surface area (Å²) < 4.78 is 1.52. The van der Waals surface area contributed by atoms with Crippen LogP contribution in [0.1, 0.15) is 16.2 Å². The number of nitrogens with one attached hydrogen (secondary N) is 1. The van der Waals surface area contributed by atoms with E-state index in [1.165, 1.54) is 4.68 Å². The van der Waals surface area contributed by atoms with Gasteiger partial charge in [0.25, 0.3) is 5.91 Å². The lowest BCUT2D eigenvalue weighted by Gasteiger charge is -2.07. The van der Waals surface area contributed by atoms with E-state index in [4.69, 9.17) is 17.3 Å². The number of carbonyl (C=O) groups is 1. The predicted octanol–water partition coefficient (Wildman–Crippen LogP) is 2.22. The third-order valence-electron chi connectivity index (χ3n) is 2.48. The van der Waals surface area contributed by atoms with Crippen LogP contribution < -0.4 is 11.1 Å². The molecule has 2 aromatic rings. The van der Waals surface area contributed by atoms with Gasteiger partial charge in [0.2, 0.25) is 0 Å². The third-order valence-corrected chi connectivity index (χ3v) is 2.79. The summed E-state index contributed by atoms with van der Waals surface area (Å²) in [5.41, 5.74) is 7.91. The molecule has 0 aliphatic heterocycles. The molecule has 1 heterocycles. The molecule has 0 atom stereocenters. The normalized spacial score (nSPS) is 10.4. The van der Waals surface area contributed by atoms with Crippen molar-refractivity contribution in [1.82, 2.24) is 9.78 Å². The first-order chi connectivity index (χ1) is 8.47. The number of rotatable bonds is 2. The van der Waals surface area contributed by atoms with E-state index in [2.05, 4.69) is 10.4 Å². The van der Waals surface area contributed by atoms with Gasteiger partial charge in [-0.25, -0.2) is 0 Å². The molecule has 0 unspecified atom stereocenters. The second-order valence-corrected chi connectivity index (χ2v) is 4.40. The lowest BCUT2D eigenvalue weighted by molar-refractivity contribution is 0.101. The molecule has 0 radical (unpaired) electrons. The zero-order valence-corrected chi connectivity index (χ0v) is 10.8. The van der Waals surface area contributed by atoms with Gasteiger partial charge in [-0.15, -0.1) is 0 Å². The van der Waals surface area contributed by atoms with E-state index < -0.39 is 0 Å². The van der Waals surface area contributed by atoms with Crippen LogP contribution in [0, 0.1) is 6.92 Å². The van der Waals surface area contributed by atoms with Crippen LogP contribution in [0.5, 0.6) is 0 Å². The first-order valence-corrected chi connectivity index (χ1v) is 5.72. The Kier molecular flexibility index (Phi) is 3.25. The molecule has 3 N–H and O–H groups in total. The summed E-state index contributed by atoms with van der Waals surface area (Å²) in [6.07, 6.45) is 0. The fourth-order valence-electron chi connectivity index (χ4n) is 1.64. The van der Waals surface area contributed by atoms with Crippen molar-refractivity contribution >= 4 is 28.9 Å². The molecule has 5 nitrogen and oxygen atoms in total. The van der Waals surface area contributed by atoms with Crippen molar-refractivity contribution in [1.29, 1.82) is 0 Å². The van der Waals surface area contributed by atoms with Crippen LogP contribution >= 0.6 is 11.6 Å². The zero-order chi connectivity index (χ0) is 13.3. The zero-order valence-electron chi connectivity index (χ0n) is 10.1. The van der Waals surface area contributed by atoms with E-state index in [0.29, 0.717) is 22.1 Å². The highest BCUT2D eigenvalue weighted by Crippen LogP contribution is 2.24. The lowest BCUT2D eigenvalue weighted by Crippen LogP contribution is -2.16. The van der Waals surface area contributed by atoms with Crippen LogP contribution in [0.3, 0.4) is 0 Å². The minimum absolute atomic E-state index is 0.259. The Morgan fingerprint density at radius 1 is 1.44 bits per heavy atom. The molecule has 0 aliphatic rings. The number of nitrogen functional groups attached to an aromatic ring is 1. The molecule has 0 bridgehead atoms. The minimum Gasteiger partial charge on any atom is -0.399 e. The van der Waals surface area contributed by atoms with Crippen LogP contribution in [-0.4, -0.2) is 15.7 Å². The monoisotopic (exact) mass is 264 g/mol. The Morgan fingerprint density at radius 2 is 2.17 bits per heavy atom. The Labute approximate surface area is 110 Å². The lowest BCUT2D eigenvalue weighted by atomic mass is 10.2. The van der Waals surface area contributed by atoms with Gasteiger partial charge in [0.1, 0.15) is 5.69 Å². The molecule has 0 fully saturated rings. The third kappa shape index (κ3) is 2.46. The molecule has 2 rings (SSSR count). The van der Waals surface area contributed by atoms with Gasteiger partial charge in [-0.05, 0) is 31.2 Å². The van der Waals surface area contributed by atoms with Crippen molar-refractivity contribution in [3.63, 3.8) is 0 Å². The highest BCUT2D eigenvalue weighted by Gasteiger charge is 2.13. The summed E-state index contributed by atoms with van der Waals surface area (Å²) in [5.74, 6) is -0.259. The minimum atomic E-state index is -0.259. The second-order valence-electron chi connectivity index (χ2n) is 3.99. The molecule has 18 heavy (non-hydrogen) atoms. The number of nitrogens with two attached hydrogens (primary N) is 1. The highest BCUT2D eigenvalue weighted by molar-refractivity contribution is 6.34. The van der Waals surface area contributed by atoms with Crippen LogP contribution in [0.4, 0.5) is 11.4 Å². The van der Waals surface area contributed by atoms with Gasteiger partial charge in [0.15, 0.2) is 0 Å². The first kappa shape index (κ1) is 12.4. The second kappa shape index (κ2) is 4.70. The number of hydrogen-bond acceptors (Lipinski definition) is 3. The maximum atomic E-state index is 12.0. The number of carbonyl (C=O) groups excluding carboxylic acids is 1. The fraction of sp³-hybridized carbons (Fsp3) is 0.167. The molecule has 1 aromatic carbocycles. The fourth-order valence-corrected chi connectivity index (χ4v) is 1.88. The van der Waals surface area contributed by atoms with Gasteiger partial charge in [-0.2, -0.15) is 5.10 Å². The molecule has 6 heteroatoms.